The van der Waals surface area contributed by atoms with Gasteiger partial charge in [0.15, 0.2) is 0 Å². The van der Waals surface area contributed by atoms with Gasteiger partial charge >= 0.3 is 0 Å². The van der Waals surface area contributed by atoms with Gasteiger partial charge in [0.2, 0.25) is 0 Å². The van der Waals surface area contributed by atoms with Crippen LogP contribution in [0.5, 0.6) is 0 Å². The van der Waals surface area contributed by atoms with E-state index >= 15 is 0 Å². The number of rotatable bonds is 3. The lowest BCUT2D eigenvalue weighted by Gasteiger charge is -2.36. The van der Waals surface area contributed by atoms with Crippen molar-refractivity contribution in [1.82, 2.24) is 0 Å². The summed E-state index contributed by atoms with van der Waals surface area (Å²) in [6, 6.07) is 9.76. The molecule has 0 radical (unpaired) electrons. The minimum atomic E-state index is -1.36. The molecule has 0 saturated carbocycles. The van der Waals surface area contributed by atoms with Gasteiger partial charge in [-0.15, -0.1) is 0 Å². The van der Waals surface area contributed by atoms with Crippen molar-refractivity contribution < 1.29 is 4.79 Å². The minimum Gasteiger partial charge on any atom is -0.301 e. The quantitative estimate of drug-likeness (QED) is 0.754. The van der Waals surface area contributed by atoms with E-state index in [9.17, 15) is 4.79 Å². The topological polar surface area (TPSA) is 17.1 Å². The summed E-state index contributed by atoms with van der Waals surface area (Å²) < 4.78 is 0. The van der Waals surface area contributed by atoms with E-state index in [4.69, 9.17) is 0 Å². The van der Waals surface area contributed by atoms with Crippen LogP contribution < -0.4 is 0 Å². The summed E-state index contributed by atoms with van der Waals surface area (Å²) in [6.45, 7) is 11.6. The van der Waals surface area contributed by atoms with Crippen LogP contribution in [0.15, 0.2) is 30.3 Å². The molecule has 0 aromatic heterocycles. The Morgan fingerprint density at radius 1 is 1.12 bits per heavy atom. The molecule has 0 aliphatic carbocycles. The van der Waals surface area contributed by atoms with Gasteiger partial charge in [-0.1, -0.05) is 64.2 Å². The van der Waals surface area contributed by atoms with Crippen molar-refractivity contribution in [2.24, 2.45) is 0 Å². The summed E-state index contributed by atoms with van der Waals surface area (Å²) in [5.41, 5.74) is 0.916. The van der Waals surface area contributed by atoms with Crippen molar-refractivity contribution in [1.29, 1.82) is 0 Å². The van der Waals surface area contributed by atoms with E-state index in [1.165, 1.54) is 0 Å². The monoisotopic (exact) mass is 250 g/mol. The van der Waals surface area contributed by atoms with Gasteiger partial charge in [0.1, 0.15) is 14.4 Å². The van der Waals surface area contributed by atoms with E-state index in [1.807, 2.05) is 30.3 Å². The molecule has 88 valence electrons. The van der Waals surface area contributed by atoms with Crippen molar-refractivity contribution in [2.75, 3.05) is 0 Å². The van der Waals surface area contributed by atoms with Gasteiger partial charge in [-0.2, -0.15) is 0 Å². The second-order valence-electron chi connectivity index (χ2n) is 6.10. The van der Waals surface area contributed by atoms with Gasteiger partial charge in [-0.3, -0.25) is 0 Å². The Bertz CT molecular complexity index is 363. The second-order valence-corrected chi connectivity index (χ2v) is 18.7. The van der Waals surface area contributed by atoms with Crippen molar-refractivity contribution >= 4 is 22.0 Å². The maximum absolute atomic E-state index is 12.2. The van der Waals surface area contributed by atoms with Crippen molar-refractivity contribution in [2.45, 2.75) is 38.9 Å². The van der Waals surface area contributed by atoms with Gasteiger partial charge < -0.3 is 4.79 Å². The first-order valence-electron chi connectivity index (χ1n) is 5.82. The smallest absolute Gasteiger partial charge is 0.130 e. The Kier molecular flexibility index (Phi) is 3.91. The number of carbonyl (C=O) groups excluding carboxylic acids is 1. The molecule has 0 bridgehead atoms. The lowest BCUT2D eigenvalue weighted by Crippen LogP contribution is -2.47. The van der Waals surface area contributed by atoms with Crippen molar-refractivity contribution in [3.05, 3.63) is 35.9 Å². The molecule has 1 nitrogen and oxygen atoms in total. The predicted molar refractivity (Wildman–Crippen MR) is 76.5 cm³/mol. The molecular weight excluding hydrogens is 228 g/mol. The molecule has 0 atom stereocenters. The molecular formula is C13H22OSi2. The lowest BCUT2D eigenvalue weighted by molar-refractivity contribution is 0.107. The normalized spacial score (nSPS) is 13.3. The first-order chi connectivity index (χ1) is 7.24. The molecule has 0 N–H and O–H groups in total. The first kappa shape index (κ1) is 13.4. The summed E-state index contributed by atoms with van der Waals surface area (Å²) in [5, 5.41) is 0.774. The average Bonchev–Trinajstić information content (AvgIpc) is 2.16. The van der Waals surface area contributed by atoms with Crippen LogP contribution in [0.2, 0.25) is 18.1 Å². The lowest BCUT2D eigenvalue weighted by atomic mass is 10.2. The van der Waals surface area contributed by atoms with Crippen molar-refractivity contribution in [3.8, 4) is 0 Å². The molecule has 0 fully saturated rings. The number of hydrogen-bond acceptors (Lipinski definition) is 1. The van der Waals surface area contributed by atoms with Crippen LogP contribution in [-0.4, -0.2) is 22.0 Å². The van der Waals surface area contributed by atoms with Gasteiger partial charge in [0.05, 0.1) is 0 Å². The third-order valence-corrected chi connectivity index (χ3v) is 16.2. The summed E-state index contributed by atoms with van der Waals surface area (Å²) in [7, 11) is -2.00. The van der Waals surface area contributed by atoms with E-state index in [0.29, 0.717) is 10.4 Å². The molecule has 0 amide bonds. The van der Waals surface area contributed by atoms with Gasteiger partial charge in [0, 0.05) is 13.2 Å². The van der Waals surface area contributed by atoms with Gasteiger partial charge in [0.25, 0.3) is 0 Å². The Labute approximate surface area is 102 Å². The van der Waals surface area contributed by atoms with E-state index in [2.05, 4.69) is 33.9 Å². The largest absolute Gasteiger partial charge is 0.301 e. The molecule has 0 aliphatic heterocycles. The van der Waals surface area contributed by atoms with E-state index in [-0.39, 0.29) is 0 Å². The fourth-order valence-corrected chi connectivity index (χ4v) is 7.78. The van der Waals surface area contributed by atoms with Crippen molar-refractivity contribution in [3.63, 3.8) is 0 Å². The number of carbonyl (C=O) groups is 1. The van der Waals surface area contributed by atoms with Crippen LogP contribution >= 0.6 is 0 Å². The third-order valence-electron chi connectivity index (χ3n) is 3.73. The molecule has 1 rings (SSSR count). The van der Waals surface area contributed by atoms with Crippen LogP contribution in [0, 0.1) is 0 Å². The minimum absolute atomic E-state index is 0.337. The standard InChI is InChI=1S/C13H22OSi2/c1-13(2,3)16(4,5)15-12(14)11-9-7-6-8-10-11/h6-10H,15H2,1-5H3. The molecule has 0 heterocycles. The molecule has 0 unspecified atom stereocenters. The Morgan fingerprint density at radius 2 is 1.62 bits per heavy atom. The second kappa shape index (κ2) is 4.67. The van der Waals surface area contributed by atoms with Crippen LogP contribution in [0.1, 0.15) is 31.1 Å². The summed E-state index contributed by atoms with van der Waals surface area (Å²) in [5.74, 6) is 0. The Balaban J connectivity index is 2.80. The molecule has 0 aliphatic rings. The third kappa shape index (κ3) is 3.16. The zero-order valence-corrected chi connectivity index (χ0v) is 13.4. The highest BCUT2D eigenvalue weighted by Gasteiger charge is 2.37. The Morgan fingerprint density at radius 3 is 2.06 bits per heavy atom. The predicted octanol–water partition coefficient (Wildman–Crippen LogP) is 3.00. The fraction of sp³-hybridized carbons (Fsp3) is 0.462. The van der Waals surface area contributed by atoms with Crippen LogP contribution in [0.4, 0.5) is 0 Å². The first-order valence-corrected chi connectivity index (χ1v) is 11.9. The summed E-state index contributed by atoms with van der Waals surface area (Å²) >= 11 is 0. The molecule has 1 aromatic rings. The highest BCUT2D eigenvalue weighted by Crippen LogP contribution is 2.35. The molecule has 16 heavy (non-hydrogen) atoms. The number of hydrogen-bond donors (Lipinski definition) is 0. The summed E-state index contributed by atoms with van der Waals surface area (Å²) in [6.07, 6.45) is 0. The molecule has 1 aromatic carbocycles. The summed E-state index contributed by atoms with van der Waals surface area (Å²) in [4.78, 5) is 12.2. The average molecular weight is 250 g/mol. The van der Waals surface area contributed by atoms with Crippen LogP contribution in [0.25, 0.3) is 0 Å². The zero-order chi connectivity index (χ0) is 12.4. The fourth-order valence-electron chi connectivity index (χ4n) is 1.39. The van der Waals surface area contributed by atoms with Crippen LogP contribution in [0.3, 0.4) is 0 Å². The Hall–Kier alpha value is -0.676. The highest BCUT2D eigenvalue weighted by molar-refractivity contribution is 7.35. The SMILES string of the molecule is CC(C)(C)[Si](C)(C)[SiH2]C(=O)c1ccccc1. The zero-order valence-electron chi connectivity index (χ0n) is 11.0. The van der Waals surface area contributed by atoms with Gasteiger partial charge in [-0.25, -0.2) is 0 Å². The molecule has 0 spiro atoms. The van der Waals surface area contributed by atoms with E-state index in [1.54, 1.807) is 0 Å². The number of benzene rings is 1. The highest BCUT2D eigenvalue weighted by atomic mass is 29.2. The molecule has 0 saturated heterocycles. The maximum atomic E-state index is 12.2. The molecule has 3 heteroatoms. The van der Waals surface area contributed by atoms with Gasteiger partial charge in [-0.05, 0) is 5.04 Å². The van der Waals surface area contributed by atoms with E-state index in [0.717, 1.165) is 5.56 Å². The van der Waals surface area contributed by atoms with E-state index < -0.39 is 16.6 Å². The van der Waals surface area contributed by atoms with Crippen LogP contribution in [-0.2, 0) is 0 Å². The maximum Gasteiger partial charge on any atom is 0.130 e.